The van der Waals surface area contributed by atoms with Gasteiger partial charge in [-0.25, -0.2) is 0 Å². The molecule has 4 aromatic rings. The number of fused-ring (bicyclic) bond motifs is 1. The third-order valence-electron chi connectivity index (χ3n) is 4.65. The lowest BCUT2D eigenvalue weighted by Crippen LogP contribution is -2.05. The maximum Gasteiger partial charge on any atom is 0.185 e. The lowest BCUT2D eigenvalue weighted by Gasteiger charge is -2.10. The van der Waals surface area contributed by atoms with Crippen LogP contribution in [0.15, 0.2) is 85.2 Å². The van der Waals surface area contributed by atoms with E-state index in [0.29, 0.717) is 5.56 Å². The third-order valence-corrected chi connectivity index (χ3v) is 4.65. The van der Waals surface area contributed by atoms with Crippen molar-refractivity contribution in [2.75, 3.05) is 0 Å². The number of carbonyl (C=O) groups excluding carboxylic acids is 1. The molecule has 0 saturated carbocycles. The number of hydrogen-bond acceptors (Lipinski definition) is 4. The topological polar surface area (TPSA) is 52.1 Å². The lowest BCUT2D eigenvalue weighted by molar-refractivity contribution is 0.104. The van der Waals surface area contributed by atoms with Gasteiger partial charge in [0.15, 0.2) is 5.78 Å². The Kier molecular flexibility index (Phi) is 5.66. The van der Waals surface area contributed by atoms with Crippen LogP contribution in [0.3, 0.4) is 0 Å². The monoisotopic (exact) mass is 394 g/mol. The predicted molar refractivity (Wildman–Crippen MR) is 121 cm³/mol. The normalized spacial score (nSPS) is 11.3. The van der Waals surface area contributed by atoms with E-state index in [2.05, 4.69) is 9.97 Å². The van der Waals surface area contributed by atoms with Crippen LogP contribution in [-0.4, -0.2) is 21.9 Å². The van der Waals surface area contributed by atoms with Crippen molar-refractivity contribution in [3.05, 3.63) is 96.3 Å². The molecule has 30 heavy (non-hydrogen) atoms. The molecule has 0 amide bonds. The van der Waals surface area contributed by atoms with Crippen LogP contribution in [0.2, 0.25) is 0 Å². The molecule has 148 valence electrons. The van der Waals surface area contributed by atoms with Crippen LogP contribution in [0, 0.1) is 0 Å². The zero-order valence-electron chi connectivity index (χ0n) is 16.9. The first-order valence-electron chi connectivity index (χ1n) is 9.89. The molecule has 4 nitrogen and oxygen atoms in total. The summed E-state index contributed by atoms with van der Waals surface area (Å²) in [4.78, 5) is 21.1. The summed E-state index contributed by atoms with van der Waals surface area (Å²) < 4.78 is 5.68. The second-order valence-corrected chi connectivity index (χ2v) is 7.27. The number of rotatable bonds is 6. The summed E-state index contributed by atoms with van der Waals surface area (Å²) in [6.07, 6.45) is 6.87. The fourth-order valence-corrected chi connectivity index (χ4v) is 3.18. The highest BCUT2D eigenvalue weighted by molar-refractivity contribution is 6.07. The maximum absolute atomic E-state index is 12.5. The first kappa shape index (κ1) is 19.5. The van der Waals surface area contributed by atoms with Crippen LogP contribution in [0.5, 0.6) is 5.75 Å². The average Bonchev–Trinajstić information content (AvgIpc) is 2.77. The quantitative estimate of drug-likeness (QED) is 0.298. The van der Waals surface area contributed by atoms with E-state index >= 15 is 0 Å². The standard InChI is InChI=1S/C26H22N2O2/c1-18(2)30-23-11-9-21(10-12-23)20-5-7-22(8-6-20)26(29)14-4-19-3-13-24-25(17-19)28-16-15-27-24/h3-18H,1-2H3. The van der Waals surface area contributed by atoms with E-state index in [1.807, 2.05) is 80.6 Å². The number of allylic oxidation sites excluding steroid dienone is 1. The van der Waals surface area contributed by atoms with E-state index in [9.17, 15) is 4.79 Å². The van der Waals surface area contributed by atoms with Crippen LogP contribution in [0.25, 0.3) is 28.2 Å². The van der Waals surface area contributed by atoms with Gasteiger partial charge in [-0.05, 0) is 60.9 Å². The zero-order chi connectivity index (χ0) is 20.9. The number of ketones is 1. The molecule has 0 N–H and O–H groups in total. The van der Waals surface area contributed by atoms with Gasteiger partial charge in [-0.3, -0.25) is 14.8 Å². The van der Waals surface area contributed by atoms with Crippen molar-refractivity contribution in [2.45, 2.75) is 20.0 Å². The largest absolute Gasteiger partial charge is 0.491 e. The number of nitrogens with zero attached hydrogens (tertiary/aromatic N) is 2. The molecule has 0 unspecified atom stereocenters. The van der Waals surface area contributed by atoms with E-state index in [0.717, 1.165) is 33.5 Å². The maximum atomic E-state index is 12.5. The second kappa shape index (κ2) is 8.70. The van der Waals surface area contributed by atoms with Crippen LogP contribution in [-0.2, 0) is 0 Å². The molecule has 4 heteroatoms. The number of ether oxygens (including phenoxy) is 1. The zero-order valence-corrected chi connectivity index (χ0v) is 16.9. The van der Waals surface area contributed by atoms with E-state index in [1.54, 1.807) is 24.5 Å². The molecular weight excluding hydrogens is 372 g/mol. The van der Waals surface area contributed by atoms with Gasteiger partial charge < -0.3 is 4.74 Å². The van der Waals surface area contributed by atoms with Crippen molar-refractivity contribution >= 4 is 22.9 Å². The van der Waals surface area contributed by atoms with Crippen molar-refractivity contribution in [3.8, 4) is 16.9 Å². The Morgan fingerprint density at radius 1 is 0.833 bits per heavy atom. The summed E-state index contributed by atoms with van der Waals surface area (Å²) >= 11 is 0. The van der Waals surface area contributed by atoms with Crippen molar-refractivity contribution < 1.29 is 9.53 Å². The van der Waals surface area contributed by atoms with E-state index in [-0.39, 0.29) is 11.9 Å². The number of aromatic nitrogens is 2. The van der Waals surface area contributed by atoms with Crippen LogP contribution in [0.4, 0.5) is 0 Å². The first-order chi connectivity index (χ1) is 14.6. The second-order valence-electron chi connectivity index (χ2n) is 7.27. The Morgan fingerprint density at radius 2 is 1.47 bits per heavy atom. The molecule has 0 fully saturated rings. The van der Waals surface area contributed by atoms with Gasteiger partial charge in [0.05, 0.1) is 17.1 Å². The fourth-order valence-electron chi connectivity index (χ4n) is 3.18. The molecule has 1 aromatic heterocycles. The molecule has 1 heterocycles. The smallest absolute Gasteiger partial charge is 0.185 e. The minimum Gasteiger partial charge on any atom is -0.491 e. The van der Waals surface area contributed by atoms with Crippen LogP contribution in [0.1, 0.15) is 29.8 Å². The minimum atomic E-state index is -0.0403. The van der Waals surface area contributed by atoms with Gasteiger partial charge in [0, 0.05) is 18.0 Å². The molecule has 0 bridgehead atoms. The minimum absolute atomic E-state index is 0.0403. The molecule has 0 spiro atoms. The molecular formula is C26H22N2O2. The van der Waals surface area contributed by atoms with Crippen molar-refractivity contribution in [2.24, 2.45) is 0 Å². The third kappa shape index (κ3) is 4.61. The molecule has 0 aliphatic carbocycles. The number of carbonyl (C=O) groups is 1. The molecule has 0 aliphatic heterocycles. The predicted octanol–water partition coefficient (Wildman–Crippen LogP) is 5.98. The Morgan fingerprint density at radius 3 is 2.13 bits per heavy atom. The van der Waals surface area contributed by atoms with Crippen LogP contribution >= 0.6 is 0 Å². The Balaban J connectivity index is 1.46. The average molecular weight is 394 g/mol. The van der Waals surface area contributed by atoms with E-state index < -0.39 is 0 Å². The number of benzene rings is 3. The van der Waals surface area contributed by atoms with E-state index in [1.165, 1.54) is 0 Å². The first-order valence-corrected chi connectivity index (χ1v) is 9.89. The van der Waals surface area contributed by atoms with Gasteiger partial charge >= 0.3 is 0 Å². The van der Waals surface area contributed by atoms with Gasteiger partial charge in [-0.1, -0.05) is 48.5 Å². The summed E-state index contributed by atoms with van der Waals surface area (Å²) in [5, 5.41) is 0. The summed E-state index contributed by atoms with van der Waals surface area (Å²) in [5.74, 6) is 0.812. The van der Waals surface area contributed by atoms with Gasteiger partial charge in [0.25, 0.3) is 0 Å². The summed E-state index contributed by atoms with van der Waals surface area (Å²) in [5.41, 5.74) is 5.34. The van der Waals surface area contributed by atoms with Gasteiger partial charge in [0.1, 0.15) is 5.75 Å². The highest BCUT2D eigenvalue weighted by Crippen LogP contribution is 2.23. The van der Waals surface area contributed by atoms with Crippen molar-refractivity contribution in [3.63, 3.8) is 0 Å². The highest BCUT2D eigenvalue weighted by atomic mass is 16.5. The Hall–Kier alpha value is -3.79. The summed E-state index contributed by atoms with van der Waals surface area (Å²) in [7, 11) is 0. The highest BCUT2D eigenvalue weighted by Gasteiger charge is 2.05. The van der Waals surface area contributed by atoms with Gasteiger partial charge in [-0.2, -0.15) is 0 Å². The molecule has 0 atom stereocenters. The fraction of sp³-hybridized carbons (Fsp3) is 0.115. The lowest BCUT2D eigenvalue weighted by atomic mass is 10.0. The summed E-state index contributed by atoms with van der Waals surface area (Å²) in [6.45, 7) is 4.01. The Labute approximate surface area is 175 Å². The Bertz CT molecular complexity index is 1190. The summed E-state index contributed by atoms with van der Waals surface area (Å²) in [6, 6.07) is 21.4. The SMILES string of the molecule is CC(C)Oc1ccc(-c2ccc(C(=O)C=Cc3ccc4nccnc4c3)cc2)cc1. The van der Waals surface area contributed by atoms with Crippen molar-refractivity contribution in [1.82, 2.24) is 9.97 Å². The van der Waals surface area contributed by atoms with Gasteiger partial charge in [-0.15, -0.1) is 0 Å². The molecule has 0 saturated heterocycles. The van der Waals surface area contributed by atoms with E-state index in [4.69, 9.17) is 4.74 Å². The van der Waals surface area contributed by atoms with Crippen molar-refractivity contribution in [1.29, 1.82) is 0 Å². The molecule has 0 radical (unpaired) electrons. The molecule has 4 rings (SSSR count). The van der Waals surface area contributed by atoms with Gasteiger partial charge in [0.2, 0.25) is 0 Å². The molecule has 3 aromatic carbocycles. The van der Waals surface area contributed by atoms with Crippen LogP contribution < -0.4 is 4.74 Å². The molecule has 0 aliphatic rings. The number of hydrogen-bond donors (Lipinski definition) is 0.